The molecule has 23 heteroatoms. The average molecular weight is 1660 g/mol. The monoisotopic (exact) mass is 1650 g/mol. The summed E-state index contributed by atoms with van der Waals surface area (Å²) in [6.45, 7) is 9.16. The van der Waals surface area contributed by atoms with Crippen LogP contribution in [0.1, 0.15) is 148 Å². The van der Waals surface area contributed by atoms with Crippen molar-refractivity contribution in [3.63, 3.8) is 0 Å². The van der Waals surface area contributed by atoms with Crippen LogP contribution in [0, 0.1) is 30.2 Å². The van der Waals surface area contributed by atoms with Crippen molar-refractivity contribution in [3.05, 3.63) is 322 Å². The highest BCUT2D eigenvalue weighted by Gasteiger charge is 2.21. The van der Waals surface area contributed by atoms with Crippen molar-refractivity contribution in [3.8, 4) is 50.4 Å². The number of ether oxygens (including phenoxy) is 1. The molecule has 8 aromatic carbocycles. The molecule has 0 radical (unpaired) electrons. The topological polar surface area (TPSA) is 236 Å². The lowest BCUT2D eigenvalue weighted by Crippen LogP contribution is -2.24. The van der Waals surface area contributed by atoms with Crippen LogP contribution in [0.15, 0.2) is 243 Å². The molecule has 0 fully saturated rings. The average Bonchev–Trinajstić information content (AvgIpc) is 0.830. The van der Waals surface area contributed by atoms with Gasteiger partial charge in [0, 0.05) is 139 Å². The molecule has 622 valence electrons. The number of nitrogens with zero attached hydrogens (tertiary/aromatic N) is 8. The van der Waals surface area contributed by atoms with Crippen molar-refractivity contribution in [1.29, 1.82) is 0 Å². The summed E-state index contributed by atoms with van der Waals surface area (Å²) in [5, 5.41) is 0.392. The molecule has 0 aliphatic rings. The van der Waals surface area contributed by atoms with Crippen LogP contribution in [0.25, 0.3) is 44.5 Å². The molecule has 0 saturated carbocycles. The molecule has 2 N–H and O–H groups in total. The largest absolute Gasteiger partial charge is 0.481 e. The van der Waals surface area contributed by atoms with Gasteiger partial charge in [-0.15, -0.1) is 0 Å². The first-order chi connectivity index (χ1) is 58.1. The molecule has 0 spiro atoms. The third kappa shape index (κ3) is 25.8. The number of carbonyl (C=O) groups excluding carboxylic acids is 8. The van der Waals surface area contributed by atoms with Gasteiger partial charge in [0.15, 0.2) is 23.1 Å². The fraction of sp³-hybridized carbons (Fsp3) is 0.224. The van der Waals surface area contributed by atoms with Gasteiger partial charge in [-0.2, -0.15) is 0 Å². The maximum atomic E-state index is 14.7. The molecule has 4 amide bonds. The fourth-order valence-corrected chi connectivity index (χ4v) is 12.9. The lowest BCUT2D eigenvalue weighted by Gasteiger charge is -2.16. The number of halogens is 5. The molecule has 0 unspecified atom stereocenters. The summed E-state index contributed by atoms with van der Waals surface area (Å²) in [6.07, 6.45) is 11.1. The van der Waals surface area contributed by atoms with Crippen LogP contribution in [0.3, 0.4) is 0 Å². The van der Waals surface area contributed by atoms with Gasteiger partial charge in [0.1, 0.15) is 34.2 Å². The number of methoxy groups -OCH3 is 1. The minimum Gasteiger partial charge on any atom is -0.481 e. The van der Waals surface area contributed by atoms with E-state index in [2.05, 4.69) is 19.9 Å². The van der Waals surface area contributed by atoms with E-state index in [1.807, 2.05) is 156 Å². The smallest absolute Gasteiger partial charge is 0.226 e. The Morgan fingerprint density at radius 1 is 0.331 bits per heavy atom. The number of hydrogen-bond acceptors (Lipinski definition) is 14. The minimum atomic E-state index is -0.547. The summed E-state index contributed by atoms with van der Waals surface area (Å²) in [4.78, 5) is 120. The van der Waals surface area contributed by atoms with Gasteiger partial charge in [-0.3, -0.25) is 43.3 Å². The van der Waals surface area contributed by atoms with E-state index in [-0.39, 0.29) is 94.7 Å². The van der Waals surface area contributed by atoms with Crippen molar-refractivity contribution in [1.82, 2.24) is 19.9 Å². The zero-order valence-corrected chi connectivity index (χ0v) is 70.1. The lowest BCUT2D eigenvalue weighted by molar-refractivity contribution is -0.118. The molecule has 0 aliphatic heterocycles. The van der Waals surface area contributed by atoms with Gasteiger partial charge in [-0.05, 0) is 215 Å². The zero-order chi connectivity index (χ0) is 87.4. The SMILES string of the molecule is CCC(=O)N(C)c1ccc(-c2ccc(C(=O)CCc3ccc(C)nc3)c(F)c2)cc1.CCC(=O)N(C)c1ccc(-c2ccc(C(=O)CCc3ccc(Cl)nc3)c(F)c2)cc1.CCC(=O)N(C)c1ccc(-c2ccc(C(=O)CCc3ccc(N)nc3)c(F)c2)cc1.CCC(=O)N(C)c1ccc(-c2ccc(C(=O)CCc3ccc(OC)nc3)c(F)c2)cc1. The molecule has 0 aliphatic carbocycles. The Bertz CT molecular complexity index is 5180. The number of aryl methyl sites for hydroxylation is 5. The quantitative estimate of drug-likeness (QED) is 0.0261. The highest BCUT2D eigenvalue weighted by Crippen LogP contribution is 2.32. The predicted molar refractivity (Wildman–Crippen MR) is 470 cm³/mol. The number of nitrogen functional groups attached to an aromatic ring is 1. The van der Waals surface area contributed by atoms with E-state index in [4.69, 9.17) is 22.1 Å². The van der Waals surface area contributed by atoms with Gasteiger partial charge in [0.05, 0.1) is 29.4 Å². The minimum absolute atomic E-state index is 0.0195. The molecule has 12 rings (SSSR count). The number of pyridine rings is 4. The Hall–Kier alpha value is -13.5. The molecule has 0 bridgehead atoms. The van der Waals surface area contributed by atoms with Gasteiger partial charge in [-0.25, -0.2) is 32.5 Å². The normalized spacial score (nSPS) is 10.6. The van der Waals surface area contributed by atoms with E-state index < -0.39 is 23.3 Å². The Morgan fingerprint density at radius 2 is 0.587 bits per heavy atom. The first-order valence-electron chi connectivity index (χ1n) is 39.6. The third-order valence-corrected chi connectivity index (χ3v) is 20.5. The van der Waals surface area contributed by atoms with E-state index in [1.54, 1.807) is 127 Å². The van der Waals surface area contributed by atoms with Crippen molar-refractivity contribution >= 4 is 86.9 Å². The number of hydrogen-bond donors (Lipinski definition) is 1. The molecule has 4 heterocycles. The van der Waals surface area contributed by atoms with Crippen LogP contribution in [0.2, 0.25) is 5.15 Å². The van der Waals surface area contributed by atoms with Crippen LogP contribution >= 0.6 is 11.6 Å². The molecule has 18 nitrogen and oxygen atoms in total. The van der Waals surface area contributed by atoms with Crippen LogP contribution in [-0.2, 0) is 44.9 Å². The second-order valence-corrected chi connectivity index (χ2v) is 28.9. The Balaban J connectivity index is 0.000000183. The Morgan fingerprint density at radius 3 is 0.810 bits per heavy atom. The molecule has 0 saturated heterocycles. The van der Waals surface area contributed by atoms with E-state index >= 15 is 0 Å². The molecule has 0 atom stereocenters. The predicted octanol–water partition coefficient (Wildman–Crippen LogP) is 20.9. The number of ketones is 4. The number of benzene rings is 8. The number of aromatic nitrogens is 4. The van der Waals surface area contributed by atoms with Gasteiger partial charge in [0.2, 0.25) is 29.5 Å². The maximum Gasteiger partial charge on any atom is 0.226 e. The second kappa shape index (κ2) is 44.4. The Labute approximate surface area is 708 Å². The van der Waals surface area contributed by atoms with Crippen LogP contribution < -0.4 is 30.1 Å². The maximum absolute atomic E-state index is 14.7. The first-order valence-corrected chi connectivity index (χ1v) is 40.0. The summed E-state index contributed by atoms with van der Waals surface area (Å²) in [6, 6.07) is 62.2. The summed E-state index contributed by atoms with van der Waals surface area (Å²) < 4.78 is 63.6. The highest BCUT2D eigenvalue weighted by molar-refractivity contribution is 6.29. The first kappa shape index (κ1) is 91.4. The number of nitrogens with two attached hydrogens (primary N) is 1. The molecular weight excluding hydrogens is 1560 g/mol. The van der Waals surface area contributed by atoms with Crippen molar-refractivity contribution in [2.45, 2.75) is 112 Å². The van der Waals surface area contributed by atoms with E-state index in [0.717, 1.165) is 73.0 Å². The summed E-state index contributed by atoms with van der Waals surface area (Å²) in [5.41, 5.74) is 19.4. The summed E-state index contributed by atoms with van der Waals surface area (Å²) in [7, 11) is 8.44. The molecule has 4 aromatic heterocycles. The van der Waals surface area contributed by atoms with Crippen molar-refractivity contribution < 1.29 is 60.7 Å². The van der Waals surface area contributed by atoms with Gasteiger partial charge < -0.3 is 30.1 Å². The van der Waals surface area contributed by atoms with Crippen LogP contribution in [-0.4, -0.2) is 102 Å². The number of Topliss-reactive ketones (excluding diaryl/α,β-unsaturated/α-hetero) is 4. The second-order valence-electron chi connectivity index (χ2n) is 28.5. The number of anilines is 5. The van der Waals surface area contributed by atoms with Crippen LogP contribution in [0.5, 0.6) is 5.88 Å². The van der Waals surface area contributed by atoms with Crippen LogP contribution in [0.4, 0.5) is 46.1 Å². The highest BCUT2D eigenvalue weighted by atomic mass is 35.5. The Kier molecular flexibility index (Phi) is 33.5. The lowest BCUT2D eigenvalue weighted by atomic mass is 9.99. The van der Waals surface area contributed by atoms with E-state index in [1.165, 1.54) is 49.6 Å². The molecule has 121 heavy (non-hydrogen) atoms. The van der Waals surface area contributed by atoms with Crippen molar-refractivity contribution in [2.75, 3.05) is 60.6 Å². The van der Waals surface area contributed by atoms with Crippen molar-refractivity contribution in [2.24, 2.45) is 0 Å². The standard InChI is InChI=1S/C25H25FN2O3.C25H25FN2O2.C24H22ClFN2O2.C24H24FN3O2/c1-4-25(30)28(2)20-10-7-18(8-11-20)19-9-12-21(22(26)15-19)23(29)13-5-17-6-14-24(31-3)27-16-17;1-4-25(30)28(3)21-11-8-19(9-12-21)20-10-13-22(23(26)15-20)24(29)14-7-18-6-5-17(2)27-16-18;1-3-24(30)28(2)19-9-6-17(7-10-19)18-8-11-20(21(26)14-18)22(29)12-4-16-5-13-23(25)27-15-16;1-3-24(30)28(2)19-9-6-17(7-10-19)18-8-11-20(21(25)14-18)22(29)12-4-16-5-13-23(26)27-15-16/h6-12,14-16H,4-5,13H2,1-3H3;5-6,8-13,15-16H,4,7,14H2,1-3H3;5-11,13-15H,3-4,12H2,1-2H3;5-11,13-15H,3-4,12H2,1-2H3,(H2,26,27). The van der Waals surface area contributed by atoms with Gasteiger partial charge >= 0.3 is 0 Å². The third-order valence-electron chi connectivity index (χ3n) is 20.3. The number of rotatable bonds is 29. The molecular formula is C98H96ClF4N9O9. The van der Waals surface area contributed by atoms with E-state index in [0.29, 0.717) is 90.5 Å². The zero-order valence-electron chi connectivity index (χ0n) is 69.3. The van der Waals surface area contributed by atoms with Gasteiger partial charge in [0.25, 0.3) is 0 Å². The molecule has 12 aromatic rings. The number of carbonyl (C=O) groups is 8. The number of amides is 4. The summed E-state index contributed by atoms with van der Waals surface area (Å²) >= 11 is 5.76. The van der Waals surface area contributed by atoms with E-state index in [9.17, 15) is 55.9 Å². The fourth-order valence-electron chi connectivity index (χ4n) is 12.8. The summed E-state index contributed by atoms with van der Waals surface area (Å²) in [5.74, 6) is -2.15. The van der Waals surface area contributed by atoms with Gasteiger partial charge in [-0.1, -0.05) is 136 Å².